The summed E-state index contributed by atoms with van der Waals surface area (Å²) in [4.78, 5) is 1.21. The van der Waals surface area contributed by atoms with E-state index in [1.807, 2.05) is 20.8 Å². The SMILES string of the molecule is Cc1ccccc1-c1csc(C(C)N[S+]([O-])C(C)(C)C)c1. The molecule has 0 amide bonds. The standard InChI is InChI=1S/C17H23NOS2/c1-12-8-6-7-9-15(12)14-10-16(20-11-14)13(2)18-21(19)17(3,4)5/h6-11,13,18H,1-5H3. The molecule has 114 valence electrons. The number of hydrogen-bond donors (Lipinski definition) is 1. The Morgan fingerprint density at radius 2 is 1.90 bits per heavy atom. The Kier molecular flexibility index (Phi) is 5.15. The van der Waals surface area contributed by atoms with Crippen LogP contribution in [0.2, 0.25) is 0 Å². The van der Waals surface area contributed by atoms with Gasteiger partial charge < -0.3 is 4.55 Å². The second-order valence-corrected chi connectivity index (χ2v) is 9.21. The molecule has 1 aromatic heterocycles. The molecule has 1 N–H and O–H groups in total. The fourth-order valence-corrected chi connectivity index (χ4v) is 3.81. The van der Waals surface area contributed by atoms with E-state index in [-0.39, 0.29) is 10.8 Å². The van der Waals surface area contributed by atoms with E-state index in [0.29, 0.717) is 0 Å². The van der Waals surface area contributed by atoms with Crippen LogP contribution < -0.4 is 4.72 Å². The third-order valence-electron chi connectivity index (χ3n) is 3.34. The van der Waals surface area contributed by atoms with E-state index in [4.69, 9.17) is 0 Å². The molecule has 2 unspecified atom stereocenters. The van der Waals surface area contributed by atoms with Crippen LogP contribution >= 0.6 is 11.3 Å². The zero-order chi connectivity index (χ0) is 15.6. The Labute approximate surface area is 134 Å². The first-order valence-corrected chi connectivity index (χ1v) is 9.14. The largest absolute Gasteiger partial charge is 0.598 e. The molecule has 0 saturated heterocycles. The van der Waals surface area contributed by atoms with Crippen molar-refractivity contribution < 1.29 is 4.55 Å². The zero-order valence-electron chi connectivity index (χ0n) is 13.3. The van der Waals surface area contributed by atoms with Crippen molar-refractivity contribution in [3.05, 3.63) is 46.2 Å². The van der Waals surface area contributed by atoms with Crippen LogP contribution in [0.1, 0.15) is 44.2 Å². The normalized spacial score (nSPS) is 15.0. The van der Waals surface area contributed by atoms with Gasteiger partial charge >= 0.3 is 0 Å². The first-order chi connectivity index (χ1) is 9.79. The summed E-state index contributed by atoms with van der Waals surface area (Å²) in [6.07, 6.45) is 0. The lowest BCUT2D eigenvalue weighted by Crippen LogP contribution is -2.40. The third kappa shape index (κ3) is 4.10. The Morgan fingerprint density at radius 1 is 1.24 bits per heavy atom. The van der Waals surface area contributed by atoms with Gasteiger partial charge in [0.1, 0.15) is 4.75 Å². The highest BCUT2D eigenvalue weighted by atomic mass is 32.2. The van der Waals surface area contributed by atoms with Crippen LogP contribution in [0.15, 0.2) is 35.7 Å². The maximum atomic E-state index is 12.2. The molecule has 0 saturated carbocycles. The second kappa shape index (κ2) is 6.53. The number of rotatable bonds is 4. The van der Waals surface area contributed by atoms with E-state index in [0.717, 1.165) is 0 Å². The van der Waals surface area contributed by atoms with Gasteiger partial charge in [-0.1, -0.05) is 24.3 Å². The molecule has 0 radical (unpaired) electrons. The van der Waals surface area contributed by atoms with Gasteiger partial charge in [-0.25, -0.2) is 0 Å². The Morgan fingerprint density at radius 3 is 2.52 bits per heavy atom. The first kappa shape index (κ1) is 16.6. The second-order valence-electron chi connectivity index (χ2n) is 6.27. The molecule has 1 heterocycles. The number of thiophene rings is 1. The third-order valence-corrected chi connectivity index (χ3v) is 6.14. The predicted octanol–water partition coefficient (Wildman–Crippen LogP) is 4.84. The van der Waals surface area contributed by atoms with Crippen molar-refractivity contribution in [2.24, 2.45) is 0 Å². The van der Waals surface area contributed by atoms with Crippen molar-refractivity contribution >= 4 is 22.7 Å². The smallest absolute Gasteiger partial charge is 0.136 e. The summed E-state index contributed by atoms with van der Waals surface area (Å²) in [5, 5.41) is 2.18. The maximum Gasteiger partial charge on any atom is 0.136 e. The van der Waals surface area contributed by atoms with Gasteiger partial charge in [0.05, 0.1) is 6.04 Å². The lowest BCUT2D eigenvalue weighted by Gasteiger charge is -2.26. The monoisotopic (exact) mass is 321 g/mol. The van der Waals surface area contributed by atoms with Crippen LogP contribution in [0.4, 0.5) is 0 Å². The maximum absolute atomic E-state index is 12.2. The van der Waals surface area contributed by atoms with Gasteiger partial charge in [0.2, 0.25) is 0 Å². The number of aryl methyl sites for hydroxylation is 1. The number of benzene rings is 1. The molecular formula is C17H23NOS2. The van der Waals surface area contributed by atoms with Crippen molar-refractivity contribution in [3.63, 3.8) is 0 Å². The fraction of sp³-hybridized carbons (Fsp3) is 0.412. The lowest BCUT2D eigenvalue weighted by molar-refractivity contribution is 0.532. The predicted molar refractivity (Wildman–Crippen MR) is 93.9 cm³/mol. The molecule has 0 aliphatic carbocycles. The minimum absolute atomic E-state index is 0.0906. The Bertz CT molecular complexity index is 601. The van der Waals surface area contributed by atoms with E-state index < -0.39 is 11.4 Å². The molecular weight excluding hydrogens is 298 g/mol. The number of hydrogen-bond acceptors (Lipinski definition) is 3. The molecule has 0 spiro atoms. The van der Waals surface area contributed by atoms with Gasteiger partial charge in [0.15, 0.2) is 0 Å². The minimum Gasteiger partial charge on any atom is -0.598 e. The summed E-state index contributed by atoms with van der Waals surface area (Å²) in [6.45, 7) is 10.1. The molecule has 0 bridgehead atoms. The van der Waals surface area contributed by atoms with Crippen molar-refractivity contribution in [1.29, 1.82) is 0 Å². The Balaban J connectivity index is 2.15. The quantitative estimate of drug-likeness (QED) is 0.818. The average molecular weight is 322 g/mol. The molecule has 0 fully saturated rings. The van der Waals surface area contributed by atoms with Crippen LogP contribution in [0, 0.1) is 6.92 Å². The molecule has 21 heavy (non-hydrogen) atoms. The van der Waals surface area contributed by atoms with Gasteiger partial charge in [-0.15, -0.1) is 16.1 Å². The van der Waals surface area contributed by atoms with Crippen LogP contribution in [-0.4, -0.2) is 9.30 Å². The molecule has 2 rings (SSSR count). The van der Waals surface area contributed by atoms with Crippen molar-refractivity contribution in [1.82, 2.24) is 4.72 Å². The van der Waals surface area contributed by atoms with Crippen molar-refractivity contribution in [2.75, 3.05) is 0 Å². The van der Waals surface area contributed by atoms with Crippen LogP contribution in [0.3, 0.4) is 0 Å². The van der Waals surface area contributed by atoms with Crippen LogP contribution in [0.25, 0.3) is 11.1 Å². The van der Waals surface area contributed by atoms with E-state index in [2.05, 4.69) is 54.3 Å². The highest BCUT2D eigenvalue weighted by molar-refractivity contribution is 7.90. The minimum atomic E-state index is -1.05. The lowest BCUT2D eigenvalue weighted by atomic mass is 10.0. The van der Waals surface area contributed by atoms with Crippen LogP contribution in [0.5, 0.6) is 0 Å². The molecule has 2 nitrogen and oxygen atoms in total. The highest BCUT2D eigenvalue weighted by Crippen LogP contribution is 2.31. The summed E-state index contributed by atoms with van der Waals surface area (Å²) in [6, 6.07) is 10.7. The molecule has 1 aromatic carbocycles. The van der Waals surface area contributed by atoms with Gasteiger partial charge in [-0.2, -0.15) is 0 Å². The van der Waals surface area contributed by atoms with Gasteiger partial charge in [0, 0.05) is 16.2 Å². The van der Waals surface area contributed by atoms with E-state index >= 15 is 0 Å². The van der Waals surface area contributed by atoms with E-state index in [1.165, 1.54) is 21.6 Å². The summed E-state index contributed by atoms with van der Waals surface area (Å²) < 4.78 is 15.1. The molecule has 2 atom stereocenters. The summed E-state index contributed by atoms with van der Waals surface area (Å²) in [5.74, 6) is 0. The fourth-order valence-electron chi connectivity index (χ4n) is 2.01. The molecule has 0 aliphatic heterocycles. The first-order valence-electron chi connectivity index (χ1n) is 7.11. The number of nitrogens with one attached hydrogen (secondary N) is 1. The van der Waals surface area contributed by atoms with Crippen molar-refractivity contribution in [3.8, 4) is 11.1 Å². The summed E-state index contributed by atoms with van der Waals surface area (Å²) in [5.41, 5.74) is 3.79. The molecule has 4 heteroatoms. The molecule has 0 aliphatic rings. The van der Waals surface area contributed by atoms with Gasteiger partial charge in [-0.05, 0) is 62.8 Å². The topological polar surface area (TPSA) is 35.1 Å². The summed E-state index contributed by atoms with van der Waals surface area (Å²) in [7, 11) is 0. The average Bonchev–Trinajstić information content (AvgIpc) is 2.87. The van der Waals surface area contributed by atoms with Gasteiger partial charge in [-0.3, -0.25) is 0 Å². The van der Waals surface area contributed by atoms with Crippen molar-refractivity contribution in [2.45, 2.75) is 45.4 Å². The summed E-state index contributed by atoms with van der Waals surface area (Å²) >= 11 is 0.666. The van der Waals surface area contributed by atoms with Crippen LogP contribution in [-0.2, 0) is 11.4 Å². The Hall–Kier alpha value is -0.810. The van der Waals surface area contributed by atoms with E-state index in [9.17, 15) is 4.55 Å². The highest BCUT2D eigenvalue weighted by Gasteiger charge is 2.28. The molecule has 2 aromatic rings. The van der Waals surface area contributed by atoms with E-state index in [1.54, 1.807) is 11.3 Å². The zero-order valence-corrected chi connectivity index (χ0v) is 14.9. The van der Waals surface area contributed by atoms with Gasteiger partial charge in [0.25, 0.3) is 0 Å².